The molecule has 3 N–H and O–H groups in total. The van der Waals surface area contributed by atoms with Crippen LogP contribution in [0, 0.1) is 25.4 Å². The molecule has 11 nitrogen and oxygen atoms in total. The van der Waals surface area contributed by atoms with Crippen molar-refractivity contribution in [3.05, 3.63) is 79.8 Å². The van der Waals surface area contributed by atoms with Crippen LogP contribution in [0.2, 0.25) is 0 Å². The van der Waals surface area contributed by atoms with E-state index in [4.69, 9.17) is 15.3 Å². The Hall–Kier alpha value is -3.76. The molecule has 2 rings (SSSR count). The lowest BCUT2D eigenvalue weighted by atomic mass is 10.3. The van der Waals surface area contributed by atoms with E-state index in [1.807, 2.05) is 12.1 Å². The molecule has 0 atom stereocenters. The van der Waals surface area contributed by atoms with Crippen molar-refractivity contribution >= 4 is 17.4 Å². The number of rotatable bonds is 4. The Balaban J connectivity index is 0.000000648. The van der Waals surface area contributed by atoms with Gasteiger partial charge < -0.3 is 26.0 Å². The van der Waals surface area contributed by atoms with Gasteiger partial charge in [0.2, 0.25) is 0 Å². The smallest absolute Gasteiger partial charge is 0.319 e. The number of nitrogens with zero attached hydrogens (tertiary/aromatic N) is 2. The Labute approximate surface area is 135 Å². The summed E-state index contributed by atoms with van der Waals surface area (Å²) < 4.78 is 0. The topological polar surface area (TPSA) is 165 Å². The number of benzene rings is 1. The largest absolute Gasteiger partial charge is 0.356 e. The molecular formula is C13H13N5O6. The highest BCUT2D eigenvalue weighted by Gasteiger charge is 2.06. The van der Waals surface area contributed by atoms with Crippen LogP contribution < -0.4 is 15.6 Å². The summed E-state index contributed by atoms with van der Waals surface area (Å²) in [5, 5.41) is 30.5. The summed E-state index contributed by atoms with van der Waals surface area (Å²) in [5.74, 6) is 0. The molecule has 24 heavy (non-hydrogen) atoms. The third kappa shape index (κ3) is 7.31. The van der Waals surface area contributed by atoms with E-state index in [0.717, 1.165) is 5.56 Å². The zero-order valence-electron chi connectivity index (χ0n) is 12.2. The average molecular weight is 335 g/mol. The number of amides is 2. The van der Waals surface area contributed by atoms with Gasteiger partial charge in [0.15, 0.2) is 12.4 Å². The first-order valence-electron chi connectivity index (χ1n) is 6.44. The van der Waals surface area contributed by atoms with Gasteiger partial charge >= 0.3 is 6.03 Å². The predicted molar refractivity (Wildman–Crippen MR) is 82.3 cm³/mol. The zero-order valence-corrected chi connectivity index (χ0v) is 12.2. The highest BCUT2D eigenvalue weighted by molar-refractivity contribution is 5.89. The summed E-state index contributed by atoms with van der Waals surface area (Å²) in [7, 11) is 0. The molecule has 0 saturated carbocycles. The van der Waals surface area contributed by atoms with E-state index >= 15 is 0 Å². The van der Waals surface area contributed by atoms with Gasteiger partial charge in [-0.15, -0.1) is 0 Å². The van der Waals surface area contributed by atoms with Gasteiger partial charge in [0.25, 0.3) is 5.69 Å². The number of aromatic nitrogens is 1. The molecule has 0 aliphatic carbocycles. The molecule has 11 heteroatoms. The molecule has 0 unspecified atom stereocenters. The lowest BCUT2D eigenvalue weighted by Gasteiger charge is -2.06. The molecule has 0 bridgehead atoms. The number of carbonyl (C=O) groups excluding carboxylic acids is 1. The van der Waals surface area contributed by atoms with E-state index in [1.165, 1.54) is 24.3 Å². The Morgan fingerprint density at radius 1 is 1.08 bits per heavy atom. The third-order valence-corrected chi connectivity index (χ3v) is 2.56. The Morgan fingerprint density at radius 2 is 1.71 bits per heavy atom. The molecule has 2 aromatic rings. The van der Waals surface area contributed by atoms with Crippen LogP contribution in [0.15, 0.2) is 48.8 Å². The van der Waals surface area contributed by atoms with Gasteiger partial charge in [-0.05, 0) is 18.2 Å². The molecule has 2 amide bonds. The predicted octanol–water partition coefficient (Wildman–Crippen LogP) is 1.49. The quantitative estimate of drug-likeness (QED) is 0.634. The molecule has 0 saturated heterocycles. The van der Waals surface area contributed by atoms with Crippen molar-refractivity contribution in [2.45, 2.75) is 6.54 Å². The van der Waals surface area contributed by atoms with E-state index in [-0.39, 0.29) is 11.7 Å². The lowest BCUT2D eigenvalue weighted by molar-refractivity contribution is -0.402. The van der Waals surface area contributed by atoms with Crippen molar-refractivity contribution in [1.29, 1.82) is 0 Å². The number of urea groups is 1. The normalized spacial score (nSPS) is 9.17. The van der Waals surface area contributed by atoms with Gasteiger partial charge in [0.05, 0.1) is 16.6 Å². The molecule has 1 aromatic carbocycles. The summed E-state index contributed by atoms with van der Waals surface area (Å²) in [6, 6.07) is 8.97. The number of H-pyrrole nitrogens is 1. The Kier molecular flexibility index (Phi) is 7.08. The van der Waals surface area contributed by atoms with Crippen molar-refractivity contribution in [3.8, 4) is 0 Å². The van der Waals surface area contributed by atoms with Crippen LogP contribution in [-0.4, -0.2) is 16.0 Å². The standard InChI is InChI=1S/C13H12N4O3.NO3/c18-13(15-9-10-2-1-7-14-8-10)16-11-3-5-12(6-4-11)17(19)20;2-1(3)4/h1-8H,9H2,(H2,15,16,18);/q;-1/p+1. The van der Waals surface area contributed by atoms with E-state index in [9.17, 15) is 14.9 Å². The summed E-state index contributed by atoms with van der Waals surface area (Å²) in [4.78, 5) is 32.8. The maximum Gasteiger partial charge on any atom is 0.319 e. The molecule has 1 heterocycles. The Bertz CT molecular complexity index is 688. The minimum absolute atomic E-state index is 0.0178. The van der Waals surface area contributed by atoms with Crippen LogP contribution in [0.25, 0.3) is 0 Å². The number of nitro groups is 1. The molecule has 126 valence electrons. The second-order valence-corrected chi connectivity index (χ2v) is 4.25. The highest BCUT2D eigenvalue weighted by atomic mass is 16.9. The number of aromatic amines is 1. The molecule has 0 fully saturated rings. The number of pyridine rings is 1. The minimum atomic E-state index is -1.75. The fraction of sp³-hybridized carbons (Fsp3) is 0.0769. The van der Waals surface area contributed by atoms with E-state index < -0.39 is 10.0 Å². The number of nitro benzene ring substituents is 1. The maximum atomic E-state index is 11.6. The van der Waals surface area contributed by atoms with Crippen molar-refractivity contribution in [2.24, 2.45) is 0 Å². The first kappa shape index (κ1) is 18.3. The third-order valence-electron chi connectivity index (χ3n) is 2.56. The summed E-state index contributed by atoms with van der Waals surface area (Å²) in [5.41, 5.74) is 1.41. The molecule has 0 radical (unpaired) electrons. The summed E-state index contributed by atoms with van der Waals surface area (Å²) >= 11 is 0. The van der Waals surface area contributed by atoms with Gasteiger partial charge in [-0.25, -0.2) is 9.78 Å². The number of nitrogens with one attached hydrogen (secondary N) is 3. The molecule has 1 aromatic heterocycles. The fourth-order valence-corrected chi connectivity index (χ4v) is 1.56. The first-order valence-corrected chi connectivity index (χ1v) is 6.44. The second-order valence-electron chi connectivity index (χ2n) is 4.25. The summed E-state index contributed by atoms with van der Waals surface area (Å²) in [6.45, 7) is 0.385. The van der Waals surface area contributed by atoms with E-state index in [0.29, 0.717) is 12.2 Å². The van der Waals surface area contributed by atoms with Gasteiger partial charge in [-0.3, -0.25) is 10.1 Å². The van der Waals surface area contributed by atoms with E-state index in [2.05, 4.69) is 15.6 Å². The van der Waals surface area contributed by atoms with Crippen LogP contribution in [0.5, 0.6) is 0 Å². The van der Waals surface area contributed by atoms with Crippen LogP contribution in [0.4, 0.5) is 16.2 Å². The van der Waals surface area contributed by atoms with Crippen LogP contribution in [0.1, 0.15) is 5.56 Å². The first-order chi connectivity index (χ1) is 11.4. The maximum absolute atomic E-state index is 11.6. The minimum Gasteiger partial charge on any atom is -0.356 e. The fourth-order valence-electron chi connectivity index (χ4n) is 1.56. The lowest BCUT2D eigenvalue weighted by Crippen LogP contribution is -2.28. The molecule has 0 aliphatic heterocycles. The number of hydrogen-bond donors (Lipinski definition) is 2. The monoisotopic (exact) mass is 335 g/mol. The number of non-ortho nitro benzene ring substituents is 1. The number of hydrogen-bond acceptors (Lipinski definition) is 6. The second kappa shape index (κ2) is 9.30. The number of anilines is 1. The SMILES string of the molecule is O=C(NCc1ccc[nH+]c1)Nc1ccc([N+](=O)[O-])cc1.O=[N+]([O-])[O-]. The van der Waals surface area contributed by atoms with Crippen molar-refractivity contribution in [1.82, 2.24) is 5.32 Å². The number of carbonyl (C=O) groups is 1. The van der Waals surface area contributed by atoms with Gasteiger partial charge in [-0.2, -0.15) is 0 Å². The average Bonchev–Trinajstić information content (AvgIpc) is 2.54. The van der Waals surface area contributed by atoms with Crippen LogP contribution in [-0.2, 0) is 6.54 Å². The van der Waals surface area contributed by atoms with Gasteiger partial charge in [0.1, 0.15) is 0 Å². The molecule has 0 aliphatic rings. The summed E-state index contributed by atoms with van der Waals surface area (Å²) in [6.07, 6.45) is 3.56. The molecule has 0 spiro atoms. The van der Waals surface area contributed by atoms with Gasteiger partial charge in [-0.1, -0.05) is 0 Å². The van der Waals surface area contributed by atoms with Gasteiger partial charge in [0, 0.05) is 29.4 Å². The van der Waals surface area contributed by atoms with Crippen molar-refractivity contribution < 1.29 is 19.8 Å². The van der Waals surface area contributed by atoms with Crippen molar-refractivity contribution in [3.63, 3.8) is 0 Å². The Morgan fingerprint density at radius 3 is 2.21 bits per heavy atom. The van der Waals surface area contributed by atoms with Crippen molar-refractivity contribution in [2.75, 3.05) is 5.32 Å². The van der Waals surface area contributed by atoms with Crippen LogP contribution in [0.3, 0.4) is 0 Å². The zero-order chi connectivity index (χ0) is 17.9. The molecular weight excluding hydrogens is 322 g/mol. The van der Waals surface area contributed by atoms with Crippen LogP contribution >= 0.6 is 0 Å². The van der Waals surface area contributed by atoms with E-state index in [1.54, 1.807) is 12.4 Å². The highest BCUT2D eigenvalue weighted by Crippen LogP contribution is 2.15.